The van der Waals surface area contributed by atoms with E-state index in [1.54, 1.807) is 11.3 Å². The average molecular weight is 354 g/mol. The van der Waals surface area contributed by atoms with Gasteiger partial charge in [0, 0.05) is 34.2 Å². The standard InChI is InChI=1S/C19H22N4OS/c1-11(8-17-9-12(2)22-23-17)20-18(24)15-6-5-7-16(10-15)19-21-13(3)14(4)25-19/h5-7,9-11H,8H2,1-4H3,(H,20,24)(H,22,23). The summed E-state index contributed by atoms with van der Waals surface area (Å²) in [6.45, 7) is 8.02. The lowest BCUT2D eigenvalue weighted by atomic mass is 10.1. The number of aromatic nitrogens is 3. The van der Waals surface area contributed by atoms with E-state index in [1.807, 2.05) is 51.1 Å². The Morgan fingerprint density at radius 2 is 2.08 bits per heavy atom. The number of nitrogens with zero attached hydrogens (tertiary/aromatic N) is 2. The van der Waals surface area contributed by atoms with Gasteiger partial charge in [-0.15, -0.1) is 11.3 Å². The van der Waals surface area contributed by atoms with Crippen LogP contribution < -0.4 is 5.32 Å². The maximum atomic E-state index is 12.5. The normalized spacial score (nSPS) is 12.2. The summed E-state index contributed by atoms with van der Waals surface area (Å²) in [5.74, 6) is -0.0772. The van der Waals surface area contributed by atoms with Crippen LogP contribution in [0.25, 0.3) is 10.6 Å². The first-order chi connectivity index (χ1) is 11.9. The van der Waals surface area contributed by atoms with Crippen molar-refractivity contribution in [2.45, 2.75) is 40.2 Å². The second-order valence-electron chi connectivity index (χ2n) is 6.36. The highest BCUT2D eigenvalue weighted by atomic mass is 32.1. The molecule has 1 atom stereocenters. The molecule has 1 aromatic carbocycles. The smallest absolute Gasteiger partial charge is 0.251 e. The summed E-state index contributed by atoms with van der Waals surface area (Å²) in [5, 5.41) is 11.1. The molecule has 2 heterocycles. The molecule has 3 rings (SSSR count). The van der Waals surface area contributed by atoms with E-state index in [1.165, 1.54) is 4.88 Å². The summed E-state index contributed by atoms with van der Waals surface area (Å²) in [6.07, 6.45) is 0.695. The highest BCUT2D eigenvalue weighted by Gasteiger charge is 2.13. The molecule has 25 heavy (non-hydrogen) atoms. The van der Waals surface area contributed by atoms with E-state index in [0.29, 0.717) is 12.0 Å². The van der Waals surface area contributed by atoms with Gasteiger partial charge >= 0.3 is 0 Å². The van der Waals surface area contributed by atoms with Crippen LogP contribution >= 0.6 is 11.3 Å². The van der Waals surface area contributed by atoms with Crippen LogP contribution in [0.4, 0.5) is 0 Å². The average Bonchev–Trinajstić information content (AvgIpc) is 3.13. The van der Waals surface area contributed by atoms with Gasteiger partial charge in [0.05, 0.1) is 11.4 Å². The Morgan fingerprint density at radius 3 is 2.72 bits per heavy atom. The Kier molecular flexibility index (Phi) is 4.99. The van der Waals surface area contributed by atoms with Crippen LogP contribution in [0.15, 0.2) is 30.3 Å². The molecule has 0 aliphatic rings. The number of hydrogen-bond donors (Lipinski definition) is 2. The Balaban J connectivity index is 1.70. The van der Waals surface area contributed by atoms with Gasteiger partial charge in [-0.1, -0.05) is 12.1 Å². The molecule has 0 fully saturated rings. The van der Waals surface area contributed by atoms with E-state index in [-0.39, 0.29) is 11.9 Å². The zero-order valence-corrected chi connectivity index (χ0v) is 15.7. The van der Waals surface area contributed by atoms with Gasteiger partial charge in [0.1, 0.15) is 5.01 Å². The number of hydrogen-bond acceptors (Lipinski definition) is 4. The van der Waals surface area contributed by atoms with Crippen molar-refractivity contribution in [3.8, 4) is 10.6 Å². The number of benzene rings is 1. The Morgan fingerprint density at radius 1 is 1.28 bits per heavy atom. The predicted octanol–water partition coefficient (Wildman–Crippen LogP) is 3.82. The molecule has 0 aliphatic heterocycles. The third-order valence-electron chi connectivity index (χ3n) is 4.05. The summed E-state index contributed by atoms with van der Waals surface area (Å²) >= 11 is 1.65. The number of H-pyrrole nitrogens is 1. The van der Waals surface area contributed by atoms with Crippen LogP contribution in [0.3, 0.4) is 0 Å². The van der Waals surface area contributed by atoms with Gasteiger partial charge in [-0.05, 0) is 45.9 Å². The first kappa shape index (κ1) is 17.4. The van der Waals surface area contributed by atoms with Crippen LogP contribution in [0.5, 0.6) is 0 Å². The van der Waals surface area contributed by atoms with Crippen molar-refractivity contribution >= 4 is 17.2 Å². The maximum Gasteiger partial charge on any atom is 0.251 e. The van der Waals surface area contributed by atoms with E-state index in [0.717, 1.165) is 27.7 Å². The summed E-state index contributed by atoms with van der Waals surface area (Å²) < 4.78 is 0. The number of nitrogens with one attached hydrogen (secondary N) is 2. The summed E-state index contributed by atoms with van der Waals surface area (Å²) in [7, 11) is 0. The van der Waals surface area contributed by atoms with Crippen LogP contribution in [0.2, 0.25) is 0 Å². The molecule has 1 unspecified atom stereocenters. The molecule has 1 amide bonds. The third kappa shape index (κ3) is 4.14. The molecule has 5 nitrogen and oxygen atoms in total. The fourth-order valence-corrected chi connectivity index (χ4v) is 3.55. The fraction of sp³-hybridized carbons (Fsp3) is 0.316. The van der Waals surface area contributed by atoms with Gasteiger partial charge in [-0.3, -0.25) is 9.89 Å². The van der Waals surface area contributed by atoms with Crippen LogP contribution in [0, 0.1) is 20.8 Å². The number of aromatic amines is 1. The molecule has 0 saturated carbocycles. The number of amides is 1. The lowest BCUT2D eigenvalue weighted by molar-refractivity contribution is 0.0940. The number of rotatable bonds is 5. The lowest BCUT2D eigenvalue weighted by Gasteiger charge is -2.13. The summed E-state index contributed by atoms with van der Waals surface area (Å²) in [6, 6.07) is 9.62. The van der Waals surface area contributed by atoms with E-state index in [9.17, 15) is 4.79 Å². The number of aryl methyl sites for hydroxylation is 3. The maximum absolute atomic E-state index is 12.5. The van der Waals surface area contributed by atoms with Crippen LogP contribution in [-0.2, 0) is 6.42 Å². The van der Waals surface area contributed by atoms with Crippen molar-refractivity contribution in [3.63, 3.8) is 0 Å². The Labute approximate surface area is 151 Å². The fourth-order valence-electron chi connectivity index (χ4n) is 2.64. The first-order valence-corrected chi connectivity index (χ1v) is 9.10. The highest BCUT2D eigenvalue weighted by Crippen LogP contribution is 2.27. The molecule has 0 spiro atoms. The van der Waals surface area contributed by atoms with E-state index >= 15 is 0 Å². The van der Waals surface area contributed by atoms with Crippen molar-refractivity contribution in [1.29, 1.82) is 0 Å². The van der Waals surface area contributed by atoms with Gasteiger partial charge < -0.3 is 5.32 Å². The first-order valence-electron chi connectivity index (χ1n) is 8.28. The molecule has 2 aromatic heterocycles. The molecule has 0 radical (unpaired) electrons. The molecular weight excluding hydrogens is 332 g/mol. The molecule has 6 heteroatoms. The van der Waals surface area contributed by atoms with Crippen molar-refractivity contribution < 1.29 is 4.79 Å². The van der Waals surface area contributed by atoms with Gasteiger partial charge in [-0.25, -0.2) is 4.98 Å². The van der Waals surface area contributed by atoms with Gasteiger partial charge in [-0.2, -0.15) is 5.10 Å². The van der Waals surface area contributed by atoms with Crippen molar-refractivity contribution in [2.24, 2.45) is 0 Å². The zero-order chi connectivity index (χ0) is 18.0. The Bertz CT molecular complexity index is 877. The SMILES string of the molecule is Cc1cc(CC(C)NC(=O)c2cccc(-c3nc(C)c(C)s3)c2)n[nH]1. The van der Waals surface area contributed by atoms with Crippen molar-refractivity contribution in [3.05, 3.63) is 57.9 Å². The minimum absolute atomic E-state index is 0.00297. The number of thiazole rings is 1. The minimum Gasteiger partial charge on any atom is -0.349 e. The zero-order valence-electron chi connectivity index (χ0n) is 14.9. The van der Waals surface area contributed by atoms with Gasteiger partial charge in [0.15, 0.2) is 0 Å². The third-order valence-corrected chi connectivity index (χ3v) is 5.17. The van der Waals surface area contributed by atoms with Crippen LogP contribution in [-0.4, -0.2) is 27.1 Å². The van der Waals surface area contributed by atoms with Gasteiger partial charge in [0.2, 0.25) is 0 Å². The molecular formula is C19H22N4OS. The summed E-state index contributed by atoms with van der Waals surface area (Å²) in [5.41, 5.74) is 4.64. The number of carbonyl (C=O) groups is 1. The molecule has 0 aliphatic carbocycles. The highest BCUT2D eigenvalue weighted by molar-refractivity contribution is 7.15. The monoisotopic (exact) mass is 354 g/mol. The quantitative estimate of drug-likeness (QED) is 0.732. The van der Waals surface area contributed by atoms with Crippen LogP contribution in [0.1, 0.15) is 39.2 Å². The topological polar surface area (TPSA) is 70.7 Å². The largest absolute Gasteiger partial charge is 0.349 e. The van der Waals surface area contributed by atoms with Crippen molar-refractivity contribution in [1.82, 2.24) is 20.5 Å². The van der Waals surface area contributed by atoms with E-state index < -0.39 is 0 Å². The second-order valence-corrected chi connectivity index (χ2v) is 7.57. The lowest BCUT2D eigenvalue weighted by Crippen LogP contribution is -2.34. The Hall–Kier alpha value is -2.47. The second kappa shape index (κ2) is 7.19. The molecule has 0 bridgehead atoms. The number of carbonyl (C=O) groups excluding carboxylic acids is 1. The minimum atomic E-state index is -0.0772. The molecule has 0 saturated heterocycles. The molecule has 130 valence electrons. The van der Waals surface area contributed by atoms with E-state index in [2.05, 4.69) is 27.4 Å². The molecule has 2 N–H and O–H groups in total. The molecule has 3 aromatic rings. The van der Waals surface area contributed by atoms with Gasteiger partial charge in [0.25, 0.3) is 5.91 Å². The van der Waals surface area contributed by atoms with Crippen molar-refractivity contribution in [2.75, 3.05) is 0 Å². The summed E-state index contributed by atoms with van der Waals surface area (Å²) in [4.78, 5) is 18.3. The van der Waals surface area contributed by atoms with E-state index in [4.69, 9.17) is 0 Å². The predicted molar refractivity (Wildman–Crippen MR) is 101 cm³/mol.